The minimum atomic E-state index is 0.476. The Labute approximate surface area is 149 Å². The summed E-state index contributed by atoms with van der Waals surface area (Å²) >= 11 is 0. The fraction of sp³-hybridized carbons (Fsp3) is 0.722. The van der Waals surface area contributed by atoms with Crippen LogP contribution in [0.1, 0.15) is 55.4 Å². The molecule has 136 valence electrons. The van der Waals surface area contributed by atoms with E-state index in [1.807, 2.05) is 6.20 Å². The van der Waals surface area contributed by atoms with E-state index in [9.17, 15) is 0 Å². The monoisotopic (exact) mass is 343 g/mol. The van der Waals surface area contributed by atoms with E-state index in [0.29, 0.717) is 5.92 Å². The van der Waals surface area contributed by atoms with E-state index in [-0.39, 0.29) is 0 Å². The van der Waals surface area contributed by atoms with E-state index in [4.69, 9.17) is 0 Å². The van der Waals surface area contributed by atoms with Gasteiger partial charge in [0, 0.05) is 37.9 Å². The molecule has 2 aromatic rings. The van der Waals surface area contributed by atoms with Gasteiger partial charge in [-0.1, -0.05) is 6.42 Å². The zero-order chi connectivity index (χ0) is 17.1. The molecule has 0 radical (unpaired) electrons. The van der Waals surface area contributed by atoms with Gasteiger partial charge in [0.1, 0.15) is 11.6 Å². The van der Waals surface area contributed by atoms with Gasteiger partial charge in [-0.2, -0.15) is 0 Å². The molecule has 0 spiro atoms. The van der Waals surface area contributed by atoms with Gasteiger partial charge in [0.15, 0.2) is 0 Å². The molecule has 0 aliphatic carbocycles. The van der Waals surface area contributed by atoms with Gasteiger partial charge >= 0.3 is 0 Å². The molecule has 2 aliphatic heterocycles. The van der Waals surface area contributed by atoms with Crippen LogP contribution < -0.4 is 0 Å². The maximum Gasteiger partial charge on any atom is 0.146 e. The van der Waals surface area contributed by atoms with Crippen LogP contribution in [0.4, 0.5) is 0 Å². The van der Waals surface area contributed by atoms with Crippen LogP contribution in [0.25, 0.3) is 0 Å². The Morgan fingerprint density at radius 1 is 1.04 bits per heavy atom. The van der Waals surface area contributed by atoms with Gasteiger partial charge in [-0.15, -0.1) is 10.2 Å². The molecule has 2 fully saturated rings. The molecule has 1 N–H and O–H groups in total. The lowest BCUT2D eigenvalue weighted by Crippen LogP contribution is -2.35. The summed E-state index contributed by atoms with van der Waals surface area (Å²) in [5.74, 6) is 2.74. The Balaban J connectivity index is 1.40. The second-order valence-electron chi connectivity index (χ2n) is 7.52. The first-order valence-electron chi connectivity index (χ1n) is 9.60. The minimum absolute atomic E-state index is 0.476. The van der Waals surface area contributed by atoms with Crippen molar-refractivity contribution in [1.82, 2.24) is 34.5 Å². The van der Waals surface area contributed by atoms with Crippen molar-refractivity contribution in [3.8, 4) is 0 Å². The van der Waals surface area contributed by atoms with Gasteiger partial charge in [0.25, 0.3) is 0 Å². The smallest absolute Gasteiger partial charge is 0.146 e. The van der Waals surface area contributed by atoms with Gasteiger partial charge in [0.05, 0.1) is 12.9 Å². The number of nitrogens with one attached hydrogen (secondary N) is 1. The van der Waals surface area contributed by atoms with Crippen molar-refractivity contribution >= 4 is 0 Å². The van der Waals surface area contributed by atoms with Crippen LogP contribution in [0, 0.1) is 0 Å². The average Bonchev–Trinajstić information content (AvgIpc) is 3.27. The number of likely N-dealkylation sites (tertiary alicyclic amines) is 2. The molecule has 2 aromatic heterocycles. The van der Waals surface area contributed by atoms with E-state index >= 15 is 0 Å². The first-order valence-corrected chi connectivity index (χ1v) is 9.60. The molecular formula is C18H29N7. The largest absolute Gasteiger partial charge is 0.347 e. The minimum Gasteiger partial charge on any atom is -0.347 e. The summed E-state index contributed by atoms with van der Waals surface area (Å²) in [5.41, 5.74) is 1.18. The van der Waals surface area contributed by atoms with E-state index in [1.54, 1.807) is 6.33 Å². The molecule has 2 aliphatic rings. The van der Waals surface area contributed by atoms with E-state index in [1.165, 1.54) is 50.9 Å². The predicted octanol–water partition coefficient (Wildman–Crippen LogP) is 1.90. The SMILES string of the molecule is Cn1c(CN2CCCCC2)nnc1C1CCCN(Cc2cnc[nH]2)C1. The average molecular weight is 343 g/mol. The number of aromatic nitrogens is 5. The van der Waals surface area contributed by atoms with Crippen molar-refractivity contribution in [1.29, 1.82) is 0 Å². The summed E-state index contributed by atoms with van der Waals surface area (Å²) in [7, 11) is 2.14. The van der Waals surface area contributed by atoms with Crippen LogP contribution in [0.2, 0.25) is 0 Å². The molecule has 1 atom stereocenters. The lowest BCUT2D eigenvalue weighted by atomic mass is 9.97. The third kappa shape index (κ3) is 3.93. The van der Waals surface area contributed by atoms with Crippen molar-refractivity contribution in [2.24, 2.45) is 7.05 Å². The first-order chi connectivity index (χ1) is 12.3. The van der Waals surface area contributed by atoms with Crippen molar-refractivity contribution in [3.05, 3.63) is 29.9 Å². The number of hydrogen-bond donors (Lipinski definition) is 1. The maximum absolute atomic E-state index is 4.58. The van der Waals surface area contributed by atoms with E-state index in [0.717, 1.165) is 37.8 Å². The molecular weight excluding hydrogens is 314 g/mol. The quantitative estimate of drug-likeness (QED) is 0.898. The third-order valence-corrected chi connectivity index (χ3v) is 5.63. The highest BCUT2D eigenvalue weighted by Gasteiger charge is 2.26. The molecule has 7 nitrogen and oxygen atoms in total. The second kappa shape index (κ2) is 7.66. The molecule has 7 heteroatoms. The van der Waals surface area contributed by atoms with Gasteiger partial charge in [0.2, 0.25) is 0 Å². The predicted molar refractivity (Wildman–Crippen MR) is 96.0 cm³/mol. The normalized spacial score (nSPS) is 23.2. The van der Waals surface area contributed by atoms with Crippen molar-refractivity contribution < 1.29 is 0 Å². The second-order valence-corrected chi connectivity index (χ2v) is 7.52. The molecule has 2 saturated heterocycles. The van der Waals surface area contributed by atoms with E-state index in [2.05, 4.69) is 41.6 Å². The molecule has 4 heterocycles. The number of imidazole rings is 1. The first kappa shape index (κ1) is 16.7. The number of hydrogen-bond acceptors (Lipinski definition) is 5. The number of rotatable bonds is 5. The zero-order valence-electron chi connectivity index (χ0n) is 15.2. The van der Waals surface area contributed by atoms with Gasteiger partial charge < -0.3 is 9.55 Å². The molecule has 0 bridgehead atoms. The molecule has 1 unspecified atom stereocenters. The van der Waals surface area contributed by atoms with Crippen LogP contribution in [0.5, 0.6) is 0 Å². The summed E-state index contributed by atoms with van der Waals surface area (Å²) in [6, 6.07) is 0. The van der Waals surface area contributed by atoms with Crippen LogP contribution >= 0.6 is 0 Å². The molecule has 4 rings (SSSR count). The summed E-state index contributed by atoms with van der Waals surface area (Å²) in [5, 5.41) is 9.10. The van der Waals surface area contributed by atoms with Crippen LogP contribution in [0.3, 0.4) is 0 Å². The van der Waals surface area contributed by atoms with Crippen LogP contribution in [-0.2, 0) is 20.1 Å². The lowest BCUT2D eigenvalue weighted by Gasteiger charge is -2.32. The molecule has 0 aromatic carbocycles. The number of piperidine rings is 2. The third-order valence-electron chi connectivity index (χ3n) is 5.63. The molecule has 25 heavy (non-hydrogen) atoms. The van der Waals surface area contributed by atoms with Crippen LogP contribution in [0.15, 0.2) is 12.5 Å². The number of nitrogens with zero attached hydrogens (tertiary/aromatic N) is 6. The van der Waals surface area contributed by atoms with E-state index < -0.39 is 0 Å². The Hall–Kier alpha value is -1.73. The summed E-state index contributed by atoms with van der Waals surface area (Å²) in [4.78, 5) is 12.4. The van der Waals surface area contributed by atoms with Crippen molar-refractivity contribution in [2.75, 3.05) is 26.2 Å². The highest BCUT2D eigenvalue weighted by Crippen LogP contribution is 2.27. The topological polar surface area (TPSA) is 65.9 Å². The van der Waals surface area contributed by atoms with Gasteiger partial charge in [-0.3, -0.25) is 9.80 Å². The molecule has 0 amide bonds. The highest BCUT2D eigenvalue weighted by molar-refractivity contribution is 5.05. The highest BCUT2D eigenvalue weighted by atomic mass is 15.3. The maximum atomic E-state index is 4.58. The Bertz CT molecular complexity index is 657. The van der Waals surface area contributed by atoms with Gasteiger partial charge in [-0.05, 0) is 45.3 Å². The number of H-pyrrole nitrogens is 1. The summed E-state index contributed by atoms with van der Waals surface area (Å²) in [6.07, 6.45) is 10.1. The lowest BCUT2D eigenvalue weighted by molar-refractivity contribution is 0.192. The van der Waals surface area contributed by atoms with Crippen molar-refractivity contribution in [3.63, 3.8) is 0 Å². The van der Waals surface area contributed by atoms with Gasteiger partial charge in [-0.25, -0.2) is 4.98 Å². The zero-order valence-corrected chi connectivity index (χ0v) is 15.2. The fourth-order valence-corrected chi connectivity index (χ4v) is 4.21. The Morgan fingerprint density at radius 2 is 1.88 bits per heavy atom. The van der Waals surface area contributed by atoms with Crippen molar-refractivity contribution in [2.45, 2.75) is 51.1 Å². The standard InChI is InChI=1S/C18H29N7/c1-23-17(13-24-7-3-2-4-8-24)21-22-18(23)15-6-5-9-25(11-15)12-16-10-19-14-20-16/h10,14-15H,2-9,11-13H2,1H3,(H,19,20). The summed E-state index contributed by atoms with van der Waals surface area (Å²) < 4.78 is 2.25. The van der Waals surface area contributed by atoms with Crippen LogP contribution in [-0.4, -0.2) is 60.7 Å². The Kier molecular flexibility index (Phi) is 5.12. The summed E-state index contributed by atoms with van der Waals surface area (Å²) in [6.45, 7) is 6.47. The fourth-order valence-electron chi connectivity index (χ4n) is 4.21. The number of aromatic amines is 1. The molecule has 0 saturated carbocycles. The Morgan fingerprint density at radius 3 is 2.68 bits per heavy atom.